The lowest BCUT2D eigenvalue weighted by atomic mass is 10.0. The summed E-state index contributed by atoms with van der Waals surface area (Å²) >= 11 is 0. The van der Waals surface area contributed by atoms with Gasteiger partial charge in [-0.15, -0.1) is 6.58 Å². The van der Waals surface area contributed by atoms with E-state index in [2.05, 4.69) is 6.58 Å². The SMILES string of the molecule is C=C[C@H]1OCO[C@@H]2COC(c3ccccc3)O[C@H]2[C@@H]1OCc1ccccc1.OC[C@H]1OCO[C@@H]2COC(c3ccccc3)O[C@H]2[C@@H]1O.OC[C@H]1OCO[C@@H]2COC(c3ccccc3)O[C@H]2[C@@H]1OCc1ccccc1.O[C@@H]1COC(c2ccccc2)O[C@H]1[C@@H]1OC(c2ccccc2)OC[C@H]1O. The maximum Gasteiger partial charge on any atom is 0.184 e. The van der Waals surface area contributed by atoms with Crippen molar-refractivity contribution in [3.05, 3.63) is 264 Å². The molecule has 0 bridgehead atoms. The quantitative estimate of drug-likeness (QED) is 0.0606. The van der Waals surface area contributed by atoms with Gasteiger partial charge in [0.15, 0.2) is 31.5 Å². The third-order valence-electron chi connectivity index (χ3n) is 17.9. The highest BCUT2D eigenvalue weighted by Gasteiger charge is 2.49. The van der Waals surface area contributed by atoms with Crippen LogP contribution in [0.2, 0.25) is 0 Å². The summed E-state index contributed by atoms with van der Waals surface area (Å²) in [5.74, 6) is 0. The first-order chi connectivity index (χ1) is 49.2. The maximum atomic E-state index is 10.4. The Kier molecular flexibility index (Phi) is 27.4. The van der Waals surface area contributed by atoms with Gasteiger partial charge in [-0.25, -0.2) is 0 Å². The highest BCUT2D eigenvalue weighted by atomic mass is 16.8. The van der Waals surface area contributed by atoms with E-state index in [9.17, 15) is 25.5 Å². The minimum absolute atomic E-state index is 0.00613. The Morgan fingerprint density at radius 1 is 0.330 bits per heavy atom. The van der Waals surface area contributed by atoms with Crippen LogP contribution in [0, 0.1) is 0 Å². The number of fused-ring (bicyclic) bond motifs is 3. The van der Waals surface area contributed by atoms with Gasteiger partial charge in [0.25, 0.3) is 0 Å². The van der Waals surface area contributed by atoms with Gasteiger partial charge in [-0.1, -0.05) is 218 Å². The smallest absolute Gasteiger partial charge is 0.184 e. The van der Waals surface area contributed by atoms with Gasteiger partial charge in [-0.2, -0.15) is 0 Å². The molecule has 534 valence electrons. The number of ether oxygens (including phenoxy) is 18. The molecule has 0 radical (unpaired) electrons. The third kappa shape index (κ3) is 19.3. The van der Waals surface area contributed by atoms with E-state index in [1.807, 2.05) is 212 Å². The zero-order chi connectivity index (χ0) is 68.8. The first kappa shape index (κ1) is 73.1. The molecular weight excluding hydrogens is 1290 g/mol. The van der Waals surface area contributed by atoms with E-state index in [0.29, 0.717) is 33.0 Å². The van der Waals surface area contributed by atoms with Gasteiger partial charge in [-0.05, 0) is 11.1 Å². The van der Waals surface area contributed by atoms with Crippen LogP contribution in [0.25, 0.3) is 0 Å². The summed E-state index contributed by atoms with van der Waals surface area (Å²) in [5.41, 5.74) is 6.62. The Morgan fingerprint density at radius 2 is 0.630 bits per heavy atom. The van der Waals surface area contributed by atoms with Gasteiger partial charge in [0.2, 0.25) is 0 Å². The van der Waals surface area contributed by atoms with Crippen molar-refractivity contribution in [2.45, 2.75) is 142 Å². The molecule has 8 aliphatic heterocycles. The van der Waals surface area contributed by atoms with E-state index < -0.39 is 98.6 Å². The Labute approximate surface area is 581 Å². The largest absolute Gasteiger partial charge is 0.394 e. The summed E-state index contributed by atoms with van der Waals surface area (Å²) in [5, 5.41) is 50.1. The van der Waals surface area contributed by atoms with Crippen molar-refractivity contribution in [3.63, 3.8) is 0 Å². The lowest BCUT2D eigenvalue weighted by molar-refractivity contribution is -0.331. The number of aliphatic hydroxyl groups is 5. The number of hydrogen-bond acceptors (Lipinski definition) is 23. The van der Waals surface area contributed by atoms with Crippen molar-refractivity contribution >= 4 is 0 Å². The highest BCUT2D eigenvalue weighted by molar-refractivity contribution is 5.22. The second-order valence-corrected chi connectivity index (χ2v) is 24.6. The number of hydrogen-bond donors (Lipinski definition) is 5. The zero-order valence-corrected chi connectivity index (χ0v) is 55.2. The fourth-order valence-electron chi connectivity index (χ4n) is 12.5. The molecule has 100 heavy (non-hydrogen) atoms. The lowest BCUT2D eigenvalue weighted by Crippen LogP contribution is -2.55. The van der Waals surface area contributed by atoms with E-state index in [4.69, 9.17) is 85.3 Å². The Hall–Kier alpha value is -6.64. The second-order valence-electron chi connectivity index (χ2n) is 24.6. The molecular formula is C77H88O23. The van der Waals surface area contributed by atoms with Crippen LogP contribution in [0.1, 0.15) is 70.4 Å². The van der Waals surface area contributed by atoms with Crippen LogP contribution in [-0.2, 0) is 98.5 Å². The Balaban J connectivity index is 0.000000127. The number of rotatable bonds is 15. The lowest BCUT2D eigenvalue weighted by Gasteiger charge is -2.43. The molecule has 0 aromatic heterocycles. The highest BCUT2D eigenvalue weighted by Crippen LogP contribution is 2.38. The normalized spacial score (nSPS) is 33.5. The molecule has 23 nitrogen and oxygen atoms in total. The minimum Gasteiger partial charge on any atom is -0.394 e. The first-order valence-corrected chi connectivity index (χ1v) is 33.7. The molecule has 8 aliphatic rings. The van der Waals surface area contributed by atoms with Crippen LogP contribution < -0.4 is 0 Å². The van der Waals surface area contributed by atoms with Crippen LogP contribution in [0.3, 0.4) is 0 Å². The van der Waals surface area contributed by atoms with Crippen LogP contribution in [0.4, 0.5) is 0 Å². The Morgan fingerprint density at radius 3 is 1.00 bits per heavy atom. The molecule has 7 aromatic rings. The summed E-state index contributed by atoms with van der Waals surface area (Å²) < 4.78 is 105. The van der Waals surface area contributed by atoms with Crippen molar-refractivity contribution < 1.29 is 111 Å². The monoisotopic (exact) mass is 1380 g/mol. The third-order valence-corrected chi connectivity index (χ3v) is 17.9. The average Bonchev–Trinajstić information content (AvgIpc) is 1.21. The molecule has 0 spiro atoms. The fourth-order valence-corrected chi connectivity index (χ4v) is 12.5. The van der Waals surface area contributed by atoms with Gasteiger partial charge in [0.05, 0.1) is 59.5 Å². The van der Waals surface area contributed by atoms with Gasteiger partial charge in [0, 0.05) is 27.8 Å². The predicted octanol–water partition coefficient (Wildman–Crippen LogP) is 8.17. The molecule has 0 aliphatic carbocycles. The predicted molar refractivity (Wildman–Crippen MR) is 356 cm³/mol. The maximum absolute atomic E-state index is 10.4. The van der Waals surface area contributed by atoms with Gasteiger partial charge < -0.3 is 111 Å². The summed E-state index contributed by atoms with van der Waals surface area (Å²) in [6.45, 7) is 5.84. The summed E-state index contributed by atoms with van der Waals surface area (Å²) in [6, 6.07) is 68.1. The molecule has 21 atom stereocenters. The molecule has 0 saturated carbocycles. The average molecular weight is 1380 g/mol. The second kappa shape index (κ2) is 37.5. The molecule has 5 unspecified atom stereocenters. The van der Waals surface area contributed by atoms with Crippen LogP contribution >= 0.6 is 0 Å². The molecule has 7 aromatic carbocycles. The van der Waals surface area contributed by atoms with E-state index in [1.165, 1.54) is 0 Å². The Bertz CT molecular complexity index is 3370. The van der Waals surface area contributed by atoms with Crippen molar-refractivity contribution in [2.24, 2.45) is 0 Å². The standard InChI is InChI=1S/C22H24O5.C21H24O6.C20H22O6.C14H18O6/c1-2-18-20(23-13-16-9-5-3-6-10-16)21-19(26-15-25-18)14-24-22(27-21)17-11-7-4-8-12-17;22-11-17-19(23-12-15-7-3-1-4-8-15)20-18(26-14-25-17)13-24-21(27-20)16-9-5-2-6-10-16;21-15-11-23-19(13-7-3-1-4-8-13)25-17(15)18-16(22)12-24-20(26-18)14-9-5-2-6-10-14;15-6-10-12(16)13-11(19-8-18-10)7-17-14(20-13)9-4-2-1-3-5-9/h2-12,18-22H,1,13-15H2;1-10,17-22H,11-14H2;1-10,15-22H,11-12H2;1-5,10-16H,6-8H2/t18-,19-,20-,21-,22?;17-,18-,19-,20-,21?;15-,16-,17-,18-,19?,20?;10-,11-,12-,13-,14?/m1111/s1. The van der Waals surface area contributed by atoms with Crippen molar-refractivity contribution in [1.29, 1.82) is 0 Å². The summed E-state index contributed by atoms with van der Waals surface area (Å²) in [7, 11) is 0. The van der Waals surface area contributed by atoms with Gasteiger partial charge in [0.1, 0.15) is 118 Å². The molecule has 5 N–H and O–H groups in total. The molecule has 0 amide bonds. The van der Waals surface area contributed by atoms with Gasteiger partial charge >= 0.3 is 0 Å². The number of benzene rings is 7. The fraction of sp³-hybridized carbons (Fsp3) is 0.429. The van der Waals surface area contributed by atoms with Crippen molar-refractivity contribution in [2.75, 3.05) is 66.6 Å². The van der Waals surface area contributed by atoms with E-state index in [0.717, 1.165) is 38.9 Å². The molecule has 23 heteroatoms. The van der Waals surface area contributed by atoms with Crippen molar-refractivity contribution in [1.82, 2.24) is 0 Å². The minimum atomic E-state index is -0.956. The van der Waals surface area contributed by atoms with Crippen LogP contribution in [0.5, 0.6) is 0 Å². The topological polar surface area (TPSA) is 267 Å². The van der Waals surface area contributed by atoms with Crippen LogP contribution in [0.15, 0.2) is 225 Å². The van der Waals surface area contributed by atoms with E-state index in [-0.39, 0.29) is 77.3 Å². The van der Waals surface area contributed by atoms with Crippen molar-refractivity contribution in [3.8, 4) is 0 Å². The summed E-state index contributed by atoms with van der Waals surface area (Å²) in [4.78, 5) is 0. The molecule has 15 rings (SSSR count). The molecule has 8 saturated heterocycles. The molecule has 8 fully saturated rings. The number of aliphatic hydroxyl groups excluding tert-OH is 5. The van der Waals surface area contributed by atoms with Gasteiger partial charge in [-0.3, -0.25) is 0 Å². The van der Waals surface area contributed by atoms with Crippen LogP contribution in [-0.4, -0.2) is 190 Å². The zero-order valence-electron chi connectivity index (χ0n) is 55.2. The first-order valence-electron chi connectivity index (χ1n) is 33.7. The summed E-state index contributed by atoms with van der Waals surface area (Å²) in [6.07, 6.45) is -9.85. The van der Waals surface area contributed by atoms with E-state index >= 15 is 0 Å². The van der Waals surface area contributed by atoms with E-state index in [1.54, 1.807) is 6.08 Å². The molecule has 8 heterocycles.